The quantitative estimate of drug-likeness (QED) is 0.729. The van der Waals surface area contributed by atoms with Crippen molar-refractivity contribution >= 4 is 17.7 Å². The Morgan fingerprint density at radius 1 is 0.967 bits per heavy atom. The van der Waals surface area contributed by atoms with Gasteiger partial charge in [-0.15, -0.1) is 0 Å². The molecule has 1 atom stereocenters. The molecule has 2 aromatic rings. The normalized spacial score (nSPS) is 15.9. The largest absolute Gasteiger partial charge is 0.484 e. The summed E-state index contributed by atoms with van der Waals surface area (Å²) in [4.78, 5) is 38.3. The van der Waals surface area contributed by atoms with E-state index in [2.05, 4.69) is 10.9 Å². The average molecular weight is 417 g/mol. The van der Waals surface area contributed by atoms with Gasteiger partial charge < -0.3 is 9.64 Å². The van der Waals surface area contributed by atoms with Crippen molar-refractivity contribution < 1.29 is 27.9 Å². The van der Waals surface area contributed by atoms with Gasteiger partial charge in [-0.1, -0.05) is 0 Å². The molecule has 9 heteroatoms. The van der Waals surface area contributed by atoms with Crippen LogP contribution in [0, 0.1) is 17.6 Å². The van der Waals surface area contributed by atoms with Gasteiger partial charge in [-0.25, -0.2) is 8.78 Å². The van der Waals surface area contributed by atoms with Gasteiger partial charge in [0.15, 0.2) is 6.61 Å². The van der Waals surface area contributed by atoms with Gasteiger partial charge in [-0.05, 0) is 61.4 Å². The van der Waals surface area contributed by atoms with E-state index in [4.69, 9.17) is 4.74 Å². The van der Waals surface area contributed by atoms with Gasteiger partial charge >= 0.3 is 0 Å². The molecule has 0 bridgehead atoms. The Balaban J connectivity index is 1.45. The van der Waals surface area contributed by atoms with E-state index in [0.717, 1.165) is 0 Å². The van der Waals surface area contributed by atoms with Crippen LogP contribution in [-0.4, -0.2) is 42.3 Å². The van der Waals surface area contributed by atoms with Crippen LogP contribution in [0.25, 0.3) is 0 Å². The minimum absolute atomic E-state index is 0.198. The molecule has 30 heavy (non-hydrogen) atoms. The highest BCUT2D eigenvalue weighted by atomic mass is 19.1. The molecule has 1 aliphatic rings. The fourth-order valence-electron chi connectivity index (χ4n) is 3.10. The summed E-state index contributed by atoms with van der Waals surface area (Å²) in [5.41, 5.74) is 4.95. The molecule has 2 aromatic carbocycles. The minimum atomic E-state index is -0.581. The Morgan fingerprint density at radius 2 is 1.60 bits per heavy atom. The first-order valence-corrected chi connectivity index (χ1v) is 9.44. The Morgan fingerprint density at radius 3 is 2.27 bits per heavy atom. The van der Waals surface area contributed by atoms with Crippen molar-refractivity contribution in [3.05, 3.63) is 65.7 Å². The second kappa shape index (κ2) is 9.82. The fraction of sp³-hybridized carbons (Fsp3) is 0.286. The van der Waals surface area contributed by atoms with Gasteiger partial charge in [0.2, 0.25) is 5.91 Å². The molecule has 2 N–H and O–H groups in total. The van der Waals surface area contributed by atoms with E-state index in [0.29, 0.717) is 30.7 Å². The molecule has 158 valence electrons. The lowest BCUT2D eigenvalue weighted by molar-refractivity contribution is -0.132. The zero-order valence-electron chi connectivity index (χ0n) is 16.1. The monoisotopic (exact) mass is 417 g/mol. The van der Waals surface area contributed by atoms with Crippen molar-refractivity contribution in [1.82, 2.24) is 15.8 Å². The van der Waals surface area contributed by atoms with E-state index in [1.165, 1.54) is 48.5 Å². The summed E-state index contributed by atoms with van der Waals surface area (Å²) >= 11 is 0. The van der Waals surface area contributed by atoms with Crippen LogP contribution < -0.4 is 15.6 Å². The predicted octanol–water partition coefficient (Wildman–Crippen LogP) is 2.04. The molecule has 1 unspecified atom stereocenters. The first kappa shape index (κ1) is 21.2. The van der Waals surface area contributed by atoms with Crippen LogP contribution >= 0.6 is 0 Å². The topological polar surface area (TPSA) is 87.7 Å². The molecule has 0 aromatic heterocycles. The molecule has 3 rings (SSSR count). The smallest absolute Gasteiger partial charge is 0.276 e. The molecule has 7 nitrogen and oxygen atoms in total. The van der Waals surface area contributed by atoms with Crippen LogP contribution in [0.5, 0.6) is 5.75 Å². The second-order valence-electron chi connectivity index (χ2n) is 6.88. The number of rotatable bonds is 5. The maximum absolute atomic E-state index is 13.0. The highest BCUT2D eigenvalue weighted by Crippen LogP contribution is 2.19. The number of hydrogen-bond donors (Lipinski definition) is 2. The highest BCUT2D eigenvalue weighted by Gasteiger charge is 2.29. The number of amides is 3. The molecule has 1 saturated heterocycles. The SMILES string of the molecule is O=C(COc1ccc(F)cc1)NNC(=O)C1CCCN(C(=O)c2ccc(F)cc2)C1. The summed E-state index contributed by atoms with van der Waals surface area (Å²) < 4.78 is 31.1. The highest BCUT2D eigenvalue weighted by molar-refractivity contribution is 5.94. The average Bonchev–Trinajstić information content (AvgIpc) is 2.77. The van der Waals surface area contributed by atoms with E-state index in [1.807, 2.05) is 0 Å². The zero-order valence-corrected chi connectivity index (χ0v) is 16.1. The van der Waals surface area contributed by atoms with E-state index < -0.39 is 29.4 Å². The molecule has 1 fully saturated rings. The van der Waals surface area contributed by atoms with Crippen LogP contribution in [-0.2, 0) is 9.59 Å². The number of hydrazine groups is 1. The van der Waals surface area contributed by atoms with E-state index in [9.17, 15) is 23.2 Å². The zero-order chi connectivity index (χ0) is 21.5. The first-order chi connectivity index (χ1) is 14.4. The van der Waals surface area contributed by atoms with Crippen molar-refractivity contribution in [2.24, 2.45) is 5.92 Å². The number of hydrogen-bond acceptors (Lipinski definition) is 4. The number of piperidine rings is 1. The number of nitrogens with zero attached hydrogens (tertiary/aromatic N) is 1. The Bertz CT molecular complexity index is 903. The van der Waals surface area contributed by atoms with Crippen molar-refractivity contribution in [2.45, 2.75) is 12.8 Å². The number of carbonyl (C=O) groups is 3. The van der Waals surface area contributed by atoms with Gasteiger partial charge in [0.1, 0.15) is 17.4 Å². The van der Waals surface area contributed by atoms with Crippen LogP contribution in [0.4, 0.5) is 8.78 Å². The number of benzene rings is 2. The van der Waals surface area contributed by atoms with Crippen LogP contribution in [0.3, 0.4) is 0 Å². The second-order valence-corrected chi connectivity index (χ2v) is 6.88. The fourth-order valence-corrected chi connectivity index (χ4v) is 3.10. The standard InChI is InChI=1S/C21H21F2N3O4/c22-16-5-3-14(4-6-16)21(29)26-11-1-2-15(12-26)20(28)25-24-19(27)13-30-18-9-7-17(23)8-10-18/h3-10,15H,1-2,11-13H2,(H,24,27)(H,25,28). The van der Waals surface area contributed by atoms with Gasteiger partial charge in [0.05, 0.1) is 5.92 Å². The van der Waals surface area contributed by atoms with Crippen molar-refractivity contribution in [3.8, 4) is 5.75 Å². The summed E-state index contributed by atoms with van der Waals surface area (Å²) in [5.74, 6) is -2.28. The summed E-state index contributed by atoms with van der Waals surface area (Å²) in [6.45, 7) is 0.341. The van der Waals surface area contributed by atoms with E-state index in [-0.39, 0.29) is 19.1 Å². The van der Waals surface area contributed by atoms with Gasteiger partial charge in [0.25, 0.3) is 11.8 Å². The van der Waals surface area contributed by atoms with Gasteiger partial charge in [-0.2, -0.15) is 0 Å². The minimum Gasteiger partial charge on any atom is -0.484 e. The van der Waals surface area contributed by atoms with Gasteiger partial charge in [-0.3, -0.25) is 25.2 Å². The Kier molecular flexibility index (Phi) is 6.95. The third-order valence-corrected chi connectivity index (χ3v) is 4.68. The Labute approximate surface area is 172 Å². The Hall–Kier alpha value is -3.49. The first-order valence-electron chi connectivity index (χ1n) is 9.44. The van der Waals surface area contributed by atoms with Gasteiger partial charge in [0, 0.05) is 18.7 Å². The third kappa shape index (κ3) is 5.76. The van der Waals surface area contributed by atoms with Crippen molar-refractivity contribution in [1.29, 1.82) is 0 Å². The molecule has 0 radical (unpaired) electrons. The molecule has 0 spiro atoms. The number of carbonyl (C=O) groups excluding carboxylic acids is 3. The maximum Gasteiger partial charge on any atom is 0.276 e. The molecule has 0 saturated carbocycles. The summed E-state index contributed by atoms with van der Waals surface area (Å²) in [7, 11) is 0. The number of nitrogens with one attached hydrogen (secondary N) is 2. The van der Waals surface area contributed by atoms with E-state index >= 15 is 0 Å². The number of ether oxygens (including phenoxy) is 1. The molecular weight excluding hydrogens is 396 g/mol. The molecule has 1 aliphatic heterocycles. The molecular formula is C21H21F2N3O4. The van der Waals surface area contributed by atoms with Crippen LogP contribution in [0.1, 0.15) is 23.2 Å². The number of halogens is 2. The van der Waals surface area contributed by atoms with Crippen molar-refractivity contribution in [2.75, 3.05) is 19.7 Å². The van der Waals surface area contributed by atoms with Crippen LogP contribution in [0.2, 0.25) is 0 Å². The molecule has 1 heterocycles. The lowest BCUT2D eigenvalue weighted by Crippen LogP contribution is -2.50. The molecule has 0 aliphatic carbocycles. The molecule has 3 amide bonds. The van der Waals surface area contributed by atoms with Crippen LogP contribution in [0.15, 0.2) is 48.5 Å². The summed E-state index contributed by atoms with van der Waals surface area (Å²) in [6, 6.07) is 10.4. The number of likely N-dealkylation sites (tertiary alicyclic amines) is 1. The lowest BCUT2D eigenvalue weighted by atomic mass is 9.96. The third-order valence-electron chi connectivity index (χ3n) is 4.68. The summed E-state index contributed by atoms with van der Waals surface area (Å²) in [6.07, 6.45) is 1.20. The van der Waals surface area contributed by atoms with E-state index in [1.54, 1.807) is 4.90 Å². The lowest BCUT2D eigenvalue weighted by Gasteiger charge is -2.32. The summed E-state index contributed by atoms with van der Waals surface area (Å²) in [5, 5.41) is 0. The van der Waals surface area contributed by atoms with Crippen molar-refractivity contribution in [3.63, 3.8) is 0 Å². The maximum atomic E-state index is 13.0. The predicted molar refractivity (Wildman–Crippen MR) is 103 cm³/mol.